The lowest BCUT2D eigenvalue weighted by Crippen LogP contribution is -2.28. The van der Waals surface area contributed by atoms with E-state index in [9.17, 15) is 8.42 Å². The Bertz CT molecular complexity index is 740. The van der Waals surface area contributed by atoms with E-state index in [2.05, 4.69) is 5.10 Å². The van der Waals surface area contributed by atoms with Crippen molar-refractivity contribution in [1.29, 1.82) is 0 Å². The maximum absolute atomic E-state index is 12.8. The van der Waals surface area contributed by atoms with Gasteiger partial charge in [-0.1, -0.05) is 13.8 Å². The van der Waals surface area contributed by atoms with Crippen LogP contribution in [0.2, 0.25) is 0 Å². The summed E-state index contributed by atoms with van der Waals surface area (Å²) in [6, 6.07) is 3.40. The largest absolute Gasteiger partial charge is 0.490 e. The third kappa shape index (κ3) is 3.05. The highest BCUT2D eigenvalue weighted by atomic mass is 32.2. The lowest BCUT2D eigenvalue weighted by Gasteiger charge is -2.22. The van der Waals surface area contributed by atoms with Gasteiger partial charge in [0.05, 0.1) is 23.1 Å². The van der Waals surface area contributed by atoms with E-state index in [1.165, 1.54) is 0 Å². The van der Waals surface area contributed by atoms with Gasteiger partial charge < -0.3 is 4.74 Å². The van der Waals surface area contributed by atoms with Gasteiger partial charge in [0.2, 0.25) is 0 Å². The molecule has 21 heavy (non-hydrogen) atoms. The Morgan fingerprint density at radius 1 is 1.33 bits per heavy atom. The highest BCUT2D eigenvalue weighted by molar-refractivity contribution is 7.92. The molecule has 5 nitrogen and oxygen atoms in total. The van der Waals surface area contributed by atoms with Gasteiger partial charge in [0, 0.05) is 6.20 Å². The number of ether oxygens (including phenoxy) is 1. The van der Waals surface area contributed by atoms with Crippen LogP contribution in [-0.4, -0.2) is 29.4 Å². The Hall–Kier alpha value is -1.56. The highest BCUT2D eigenvalue weighted by Crippen LogP contribution is 2.33. The summed E-state index contributed by atoms with van der Waals surface area (Å²) >= 11 is 0. The molecule has 116 valence electrons. The standard InChI is InChI=1S/C15H22N2O3S/c1-11(2)10-20-13-9-17-12(6-7-16-17)8-14(13)21(18,19)15(3,4)5/h6-9,11H,10H2,1-5H3. The molecule has 0 radical (unpaired) electrons. The van der Waals surface area contributed by atoms with Crippen molar-refractivity contribution in [1.82, 2.24) is 9.61 Å². The summed E-state index contributed by atoms with van der Waals surface area (Å²) in [5.74, 6) is 0.665. The molecule has 0 aliphatic rings. The molecule has 0 amide bonds. The molecule has 0 fully saturated rings. The van der Waals surface area contributed by atoms with Crippen LogP contribution in [0, 0.1) is 5.92 Å². The predicted octanol–water partition coefficient (Wildman–Crippen LogP) is 2.94. The van der Waals surface area contributed by atoms with Crippen molar-refractivity contribution < 1.29 is 13.2 Å². The summed E-state index contributed by atoms with van der Waals surface area (Å²) in [5.41, 5.74) is 0.731. The summed E-state index contributed by atoms with van der Waals surface area (Å²) in [5, 5.41) is 4.13. The molecular formula is C15H22N2O3S. The lowest BCUT2D eigenvalue weighted by molar-refractivity contribution is 0.263. The van der Waals surface area contributed by atoms with Crippen LogP contribution in [0.1, 0.15) is 34.6 Å². The van der Waals surface area contributed by atoms with Crippen LogP contribution in [0.25, 0.3) is 5.52 Å². The normalized spacial score (nSPS) is 13.0. The van der Waals surface area contributed by atoms with Gasteiger partial charge in [-0.05, 0) is 38.8 Å². The van der Waals surface area contributed by atoms with E-state index >= 15 is 0 Å². The van der Waals surface area contributed by atoms with Crippen LogP contribution >= 0.6 is 0 Å². The van der Waals surface area contributed by atoms with Gasteiger partial charge in [-0.25, -0.2) is 12.9 Å². The van der Waals surface area contributed by atoms with Gasteiger partial charge in [0.25, 0.3) is 0 Å². The first kappa shape index (κ1) is 15.8. The maximum Gasteiger partial charge on any atom is 0.187 e. The Kier molecular flexibility index (Phi) is 4.02. The summed E-state index contributed by atoms with van der Waals surface area (Å²) in [7, 11) is -3.49. The minimum Gasteiger partial charge on any atom is -0.490 e. The van der Waals surface area contributed by atoms with Gasteiger partial charge in [0.15, 0.2) is 15.6 Å². The first-order chi connectivity index (χ1) is 9.63. The molecule has 0 spiro atoms. The smallest absolute Gasteiger partial charge is 0.187 e. The number of nitrogens with zero attached hydrogens (tertiary/aromatic N) is 2. The molecule has 0 saturated carbocycles. The average molecular weight is 310 g/mol. The quantitative estimate of drug-likeness (QED) is 0.871. The molecule has 0 saturated heterocycles. The third-order valence-corrected chi connectivity index (χ3v) is 5.64. The zero-order valence-corrected chi connectivity index (χ0v) is 13.9. The number of aromatic nitrogens is 2. The number of hydrogen-bond acceptors (Lipinski definition) is 4. The minimum atomic E-state index is -3.49. The Balaban J connectivity index is 2.61. The second-order valence-electron chi connectivity index (χ2n) is 6.52. The van der Waals surface area contributed by atoms with Crippen molar-refractivity contribution in [2.75, 3.05) is 6.61 Å². The van der Waals surface area contributed by atoms with E-state index in [4.69, 9.17) is 4.74 Å². The van der Waals surface area contributed by atoms with Gasteiger partial charge in [-0.3, -0.25) is 0 Å². The number of rotatable bonds is 4. The van der Waals surface area contributed by atoms with Crippen LogP contribution in [0.3, 0.4) is 0 Å². The van der Waals surface area contributed by atoms with Gasteiger partial charge in [0.1, 0.15) is 4.90 Å². The van der Waals surface area contributed by atoms with Crippen molar-refractivity contribution in [3.05, 3.63) is 24.5 Å². The molecule has 0 aliphatic carbocycles. The van der Waals surface area contributed by atoms with Crippen LogP contribution in [0.5, 0.6) is 5.75 Å². The van der Waals surface area contributed by atoms with E-state index < -0.39 is 14.6 Å². The number of sulfone groups is 1. The molecule has 2 aromatic heterocycles. The monoisotopic (exact) mass is 310 g/mol. The van der Waals surface area contributed by atoms with Crippen molar-refractivity contribution >= 4 is 15.4 Å². The molecule has 2 aromatic rings. The summed E-state index contributed by atoms with van der Waals surface area (Å²) in [6.07, 6.45) is 3.27. The first-order valence-corrected chi connectivity index (χ1v) is 8.46. The molecule has 2 heterocycles. The Morgan fingerprint density at radius 2 is 2.00 bits per heavy atom. The van der Waals surface area contributed by atoms with E-state index in [1.54, 1.807) is 49.8 Å². The van der Waals surface area contributed by atoms with Crippen molar-refractivity contribution in [3.63, 3.8) is 0 Å². The molecule has 0 atom stereocenters. The van der Waals surface area contributed by atoms with Crippen LogP contribution < -0.4 is 4.74 Å². The van der Waals surface area contributed by atoms with Gasteiger partial charge in [-0.15, -0.1) is 0 Å². The fourth-order valence-electron chi connectivity index (χ4n) is 1.83. The number of fused-ring (bicyclic) bond motifs is 1. The summed E-state index contributed by atoms with van der Waals surface area (Å²) in [4.78, 5) is 0.226. The molecule has 0 bridgehead atoms. The molecule has 0 N–H and O–H groups in total. The zero-order chi connectivity index (χ0) is 15.8. The molecular weight excluding hydrogens is 288 g/mol. The topological polar surface area (TPSA) is 60.7 Å². The van der Waals surface area contributed by atoms with Crippen LogP contribution in [0.15, 0.2) is 29.4 Å². The second kappa shape index (κ2) is 5.33. The van der Waals surface area contributed by atoms with E-state index in [1.807, 2.05) is 13.8 Å². The van der Waals surface area contributed by atoms with Gasteiger partial charge >= 0.3 is 0 Å². The SMILES string of the molecule is CC(C)COc1cn2nccc2cc1S(=O)(=O)C(C)(C)C. The fourth-order valence-corrected chi connectivity index (χ4v) is 3.14. The maximum atomic E-state index is 12.8. The Labute approximate surface area is 125 Å². The van der Waals surface area contributed by atoms with E-state index in [-0.39, 0.29) is 4.90 Å². The zero-order valence-electron chi connectivity index (χ0n) is 13.1. The predicted molar refractivity (Wildman–Crippen MR) is 82.5 cm³/mol. The second-order valence-corrected chi connectivity index (χ2v) is 9.19. The van der Waals surface area contributed by atoms with Crippen LogP contribution in [0.4, 0.5) is 0 Å². The Morgan fingerprint density at radius 3 is 2.57 bits per heavy atom. The van der Waals surface area contributed by atoms with Gasteiger partial charge in [-0.2, -0.15) is 5.10 Å². The third-order valence-electron chi connectivity index (χ3n) is 3.13. The fraction of sp³-hybridized carbons (Fsp3) is 0.533. The highest BCUT2D eigenvalue weighted by Gasteiger charge is 2.34. The minimum absolute atomic E-state index is 0.226. The first-order valence-electron chi connectivity index (χ1n) is 6.98. The van der Waals surface area contributed by atoms with E-state index in [0.29, 0.717) is 18.3 Å². The lowest BCUT2D eigenvalue weighted by atomic mass is 10.2. The molecule has 0 aromatic carbocycles. The average Bonchev–Trinajstić information content (AvgIpc) is 2.80. The number of hydrogen-bond donors (Lipinski definition) is 0. The van der Waals surface area contributed by atoms with Crippen molar-refractivity contribution in [2.45, 2.75) is 44.3 Å². The molecule has 6 heteroatoms. The summed E-state index contributed by atoms with van der Waals surface area (Å²) < 4.78 is 32.0. The van der Waals surface area contributed by atoms with Crippen molar-refractivity contribution in [2.24, 2.45) is 5.92 Å². The van der Waals surface area contributed by atoms with E-state index in [0.717, 1.165) is 5.52 Å². The number of pyridine rings is 1. The molecule has 0 aliphatic heterocycles. The van der Waals surface area contributed by atoms with Crippen molar-refractivity contribution in [3.8, 4) is 5.75 Å². The summed E-state index contributed by atoms with van der Waals surface area (Å²) in [6.45, 7) is 9.56. The molecule has 2 rings (SSSR count). The molecule has 0 unspecified atom stereocenters. The van der Waals surface area contributed by atoms with Crippen LogP contribution in [-0.2, 0) is 9.84 Å².